The molecule has 0 aliphatic carbocycles. The zero-order valence-electron chi connectivity index (χ0n) is 28.5. The number of aromatic nitrogens is 3. The number of nitriles is 1. The summed E-state index contributed by atoms with van der Waals surface area (Å²) in [5, 5.41) is 15.2. The maximum Gasteiger partial charge on any atom is 0.393 e. The number of hydrogen-bond acceptors (Lipinski definition) is 9. The van der Waals surface area contributed by atoms with Gasteiger partial charge in [-0.25, -0.2) is 22.8 Å². The van der Waals surface area contributed by atoms with Crippen LogP contribution in [0.15, 0.2) is 30.6 Å². The lowest BCUT2D eigenvalue weighted by Gasteiger charge is -2.45. The lowest BCUT2D eigenvalue weighted by molar-refractivity contribution is -0.126. The summed E-state index contributed by atoms with van der Waals surface area (Å²) in [6.45, 7) is 11.7. The molecule has 1 aromatic carbocycles. The first kappa shape index (κ1) is 36.4. The number of likely N-dealkylation sites (tertiary alicyclic amines) is 1. The molecule has 50 heavy (non-hydrogen) atoms. The molecule has 2 aliphatic rings. The van der Waals surface area contributed by atoms with E-state index in [2.05, 4.69) is 57.1 Å². The van der Waals surface area contributed by atoms with Crippen molar-refractivity contribution in [2.45, 2.75) is 90.4 Å². The summed E-state index contributed by atoms with van der Waals surface area (Å²) >= 11 is 1.05. The second kappa shape index (κ2) is 14.3. The van der Waals surface area contributed by atoms with Crippen LogP contribution in [0.1, 0.15) is 55.3 Å². The highest BCUT2D eigenvalue weighted by atomic mass is 32.2. The summed E-state index contributed by atoms with van der Waals surface area (Å²) in [4.78, 5) is 13.9. The number of anilines is 1. The van der Waals surface area contributed by atoms with Crippen molar-refractivity contribution in [2.24, 2.45) is 0 Å². The van der Waals surface area contributed by atoms with Crippen molar-refractivity contribution in [3.8, 4) is 6.07 Å². The van der Waals surface area contributed by atoms with Crippen LogP contribution in [-0.4, -0.2) is 99.6 Å². The van der Waals surface area contributed by atoms with Crippen LogP contribution in [0, 0.1) is 18.3 Å². The predicted octanol–water partition coefficient (Wildman–Crippen LogP) is 6.05. The summed E-state index contributed by atoms with van der Waals surface area (Å²) in [5.74, 6) is 0.572. The standard InChI is InChI=1S/C34H42F4N8O2S2/c1-21(44-15-22(2)46(23(3)16-44)50(47,48)19-35)17-45-27(14-39)11-29-24(4)25(5-6-31(29)45)18-43-9-7-26(8-10-43)42-32-30-12-28(13-34(36,37)38)49-33(30)41-20-40-32/h5-6,11-12,20-23,26H,7-10,13,15-19H2,1-4H3,(H,40,41,42)/t21?,22-,23-/m1/s1. The molecule has 4 aromatic rings. The Kier molecular flexibility index (Phi) is 10.4. The van der Waals surface area contributed by atoms with E-state index in [9.17, 15) is 31.2 Å². The molecular weight excluding hydrogens is 693 g/mol. The number of rotatable bonds is 10. The number of alkyl halides is 4. The zero-order chi connectivity index (χ0) is 36.0. The molecule has 2 saturated heterocycles. The number of halogens is 4. The molecule has 2 fully saturated rings. The van der Waals surface area contributed by atoms with E-state index in [1.807, 2.05) is 10.6 Å². The lowest BCUT2D eigenvalue weighted by Crippen LogP contribution is -2.60. The van der Waals surface area contributed by atoms with Crippen LogP contribution in [0.3, 0.4) is 0 Å². The van der Waals surface area contributed by atoms with Crippen LogP contribution in [0.2, 0.25) is 0 Å². The highest BCUT2D eigenvalue weighted by Crippen LogP contribution is 2.34. The highest BCUT2D eigenvalue weighted by Gasteiger charge is 2.39. The Balaban J connectivity index is 1.10. The van der Waals surface area contributed by atoms with Crippen molar-refractivity contribution < 1.29 is 26.0 Å². The lowest BCUT2D eigenvalue weighted by atomic mass is 10.0. The number of fused-ring (bicyclic) bond motifs is 2. The molecule has 6 rings (SSSR count). The van der Waals surface area contributed by atoms with Crippen LogP contribution < -0.4 is 5.32 Å². The maximum absolute atomic E-state index is 13.3. The second-order valence-corrected chi connectivity index (χ2v) is 16.6. The number of nitrogens with one attached hydrogen (secondary N) is 1. The molecule has 1 unspecified atom stereocenters. The van der Waals surface area contributed by atoms with Crippen molar-refractivity contribution in [2.75, 3.05) is 37.5 Å². The largest absolute Gasteiger partial charge is 0.393 e. The zero-order valence-corrected chi connectivity index (χ0v) is 30.2. The molecule has 0 amide bonds. The molecule has 1 N–H and O–H groups in total. The van der Waals surface area contributed by atoms with E-state index in [4.69, 9.17) is 0 Å². The van der Waals surface area contributed by atoms with Gasteiger partial charge in [0.2, 0.25) is 16.0 Å². The van der Waals surface area contributed by atoms with Gasteiger partial charge in [0.25, 0.3) is 0 Å². The van der Waals surface area contributed by atoms with E-state index in [0.717, 1.165) is 60.3 Å². The van der Waals surface area contributed by atoms with E-state index in [1.54, 1.807) is 19.9 Å². The maximum atomic E-state index is 13.3. The third-order valence-electron chi connectivity index (χ3n) is 10.1. The topological polar surface area (TPSA) is 110 Å². The number of sulfonamides is 1. The van der Waals surface area contributed by atoms with E-state index in [1.165, 1.54) is 16.2 Å². The predicted molar refractivity (Wildman–Crippen MR) is 187 cm³/mol. The quantitative estimate of drug-likeness (QED) is 0.196. The van der Waals surface area contributed by atoms with Gasteiger partial charge in [-0.3, -0.25) is 9.80 Å². The smallest absolute Gasteiger partial charge is 0.367 e. The van der Waals surface area contributed by atoms with Gasteiger partial charge in [-0.15, -0.1) is 11.3 Å². The summed E-state index contributed by atoms with van der Waals surface area (Å²) in [7, 11) is -3.95. The van der Waals surface area contributed by atoms with E-state index in [0.29, 0.717) is 41.4 Å². The second-order valence-electron chi connectivity index (χ2n) is 13.7. The fourth-order valence-corrected chi connectivity index (χ4v) is 10.0. The molecule has 0 radical (unpaired) electrons. The summed E-state index contributed by atoms with van der Waals surface area (Å²) in [6.07, 6.45) is -2.16. The van der Waals surface area contributed by atoms with Crippen molar-refractivity contribution in [3.63, 3.8) is 0 Å². The van der Waals surface area contributed by atoms with Crippen LogP contribution >= 0.6 is 11.3 Å². The monoisotopic (exact) mass is 734 g/mol. The number of thiophene rings is 1. The molecule has 2 aliphatic heterocycles. The minimum Gasteiger partial charge on any atom is -0.367 e. The minimum absolute atomic E-state index is 0.00726. The Hall–Kier alpha value is -3.36. The average molecular weight is 735 g/mol. The van der Waals surface area contributed by atoms with Gasteiger partial charge in [-0.1, -0.05) is 6.07 Å². The number of benzene rings is 1. The Morgan fingerprint density at radius 2 is 1.80 bits per heavy atom. The number of piperidine rings is 1. The van der Waals surface area contributed by atoms with Crippen LogP contribution in [0.4, 0.5) is 23.4 Å². The van der Waals surface area contributed by atoms with E-state index >= 15 is 0 Å². The van der Waals surface area contributed by atoms with Crippen LogP contribution in [0.25, 0.3) is 21.1 Å². The fraction of sp³-hybridized carbons (Fsp3) is 0.559. The third-order valence-corrected chi connectivity index (χ3v) is 12.7. The van der Waals surface area contributed by atoms with E-state index < -0.39 is 28.6 Å². The van der Waals surface area contributed by atoms with Gasteiger partial charge >= 0.3 is 6.18 Å². The first-order valence-electron chi connectivity index (χ1n) is 16.8. The summed E-state index contributed by atoms with van der Waals surface area (Å²) in [5.41, 5.74) is 3.84. The molecule has 5 heterocycles. The van der Waals surface area contributed by atoms with Gasteiger partial charge < -0.3 is 9.88 Å². The van der Waals surface area contributed by atoms with Gasteiger partial charge in [-0.2, -0.15) is 22.7 Å². The summed E-state index contributed by atoms with van der Waals surface area (Å²) in [6, 6.07) is 8.05. The number of piperazine rings is 1. The molecule has 16 heteroatoms. The molecular formula is C34H42F4N8O2S2. The van der Waals surface area contributed by atoms with Crippen LogP contribution in [-0.2, 0) is 29.5 Å². The Labute approximate surface area is 293 Å². The number of hydrogen-bond donors (Lipinski definition) is 1. The fourth-order valence-electron chi connectivity index (χ4n) is 7.65. The van der Waals surface area contributed by atoms with Crippen molar-refractivity contribution in [3.05, 3.63) is 52.3 Å². The van der Waals surface area contributed by atoms with Gasteiger partial charge in [0, 0.05) is 79.2 Å². The van der Waals surface area contributed by atoms with E-state index in [-0.39, 0.29) is 29.0 Å². The van der Waals surface area contributed by atoms with Gasteiger partial charge in [0.15, 0.2) is 0 Å². The molecule has 10 nitrogen and oxygen atoms in total. The van der Waals surface area contributed by atoms with Gasteiger partial charge in [0.1, 0.15) is 28.7 Å². The number of nitrogens with zero attached hydrogens (tertiary/aromatic N) is 7. The van der Waals surface area contributed by atoms with Crippen molar-refractivity contribution in [1.82, 2.24) is 28.6 Å². The van der Waals surface area contributed by atoms with Gasteiger partial charge in [-0.05, 0) is 69.9 Å². The highest BCUT2D eigenvalue weighted by molar-refractivity contribution is 7.88. The Morgan fingerprint density at radius 1 is 1.10 bits per heavy atom. The van der Waals surface area contributed by atoms with Gasteiger partial charge in [0.05, 0.1) is 11.8 Å². The molecule has 0 bridgehead atoms. The SMILES string of the molecule is Cc1c(CN2CCC(Nc3ncnc4sc(CC(F)(F)F)cc34)CC2)ccc2c1cc(C#N)n2CC(C)N1C[C@@H](C)N(S(=O)(=O)CF)[C@H](C)C1. The summed E-state index contributed by atoms with van der Waals surface area (Å²) < 4.78 is 80.2. The molecule has 3 aromatic heterocycles. The minimum atomic E-state index is -4.28. The number of aryl methyl sites for hydroxylation is 1. The van der Waals surface area contributed by atoms with Crippen molar-refractivity contribution >= 4 is 48.3 Å². The normalized spacial score (nSPS) is 21.2. The molecule has 0 saturated carbocycles. The Morgan fingerprint density at radius 3 is 2.44 bits per heavy atom. The first-order chi connectivity index (χ1) is 23.7. The third kappa shape index (κ3) is 7.62. The molecule has 0 spiro atoms. The first-order valence-corrected chi connectivity index (χ1v) is 19.2. The average Bonchev–Trinajstić information content (AvgIpc) is 3.63. The molecule has 270 valence electrons. The Bertz CT molecular complexity index is 1990. The van der Waals surface area contributed by atoms with Crippen molar-refractivity contribution in [1.29, 1.82) is 5.26 Å². The van der Waals surface area contributed by atoms with Crippen LogP contribution in [0.5, 0.6) is 0 Å². The molecule has 3 atom stereocenters.